The lowest BCUT2D eigenvalue weighted by atomic mass is 9.98. The molecule has 2 aromatic carbocycles. The Labute approximate surface area is 166 Å². The molecule has 1 amide bonds. The zero-order valence-electron chi connectivity index (χ0n) is 15.6. The summed E-state index contributed by atoms with van der Waals surface area (Å²) in [5.74, 6) is -1.16. The summed E-state index contributed by atoms with van der Waals surface area (Å²) in [6.45, 7) is 0.171. The van der Waals surface area contributed by atoms with E-state index in [9.17, 15) is 9.59 Å². The van der Waals surface area contributed by atoms with Crippen molar-refractivity contribution in [3.63, 3.8) is 0 Å². The topological polar surface area (TPSA) is 97.8 Å². The zero-order chi connectivity index (χ0) is 20.4. The molecule has 1 aliphatic rings. The highest BCUT2D eigenvalue weighted by molar-refractivity contribution is 5.91. The molecule has 7 nitrogen and oxygen atoms in total. The number of nitrogens with zero attached hydrogens (tertiary/aromatic N) is 1. The number of hydrogen-bond acceptors (Lipinski definition) is 5. The Bertz CT molecular complexity index is 1050. The number of aromatic nitrogens is 1. The summed E-state index contributed by atoms with van der Waals surface area (Å²) in [7, 11) is 1.31. The molecule has 0 spiro atoms. The fourth-order valence-electron chi connectivity index (χ4n) is 3.57. The maximum atomic E-state index is 12.3. The first kappa shape index (κ1) is 18.5. The van der Waals surface area contributed by atoms with E-state index in [1.807, 2.05) is 36.4 Å². The number of carbonyl (C=O) groups is 2. The zero-order valence-corrected chi connectivity index (χ0v) is 15.6. The van der Waals surface area contributed by atoms with Gasteiger partial charge in [0.25, 0.3) is 0 Å². The summed E-state index contributed by atoms with van der Waals surface area (Å²) in [5, 5.41) is 11.6. The van der Waals surface area contributed by atoms with Gasteiger partial charge >= 0.3 is 12.1 Å². The molecule has 7 heteroatoms. The van der Waals surface area contributed by atoms with Crippen LogP contribution in [0.3, 0.4) is 0 Å². The van der Waals surface area contributed by atoms with Crippen LogP contribution >= 0.6 is 0 Å². The van der Waals surface area contributed by atoms with Crippen LogP contribution in [-0.2, 0) is 4.74 Å². The van der Waals surface area contributed by atoms with E-state index in [0.29, 0.717) is 0 Å². The van der Waals surface area contributed by atoms with E-state index < -0.39 is 12.1 Å². The van der Waals surface area contributed by atoms with Crippen LogP contribution < -0.4 is 10.1 Å². The van der Waals surface area contributed by atoms with Gasteiger partial charge in [-0.15, -0.1) is 0 Å². The van der Waals surface area contributed by atoms with Crippen LogP contribution in [0.2, 0.25) is 0 Å². The van der Waals surface area contributed by atoms with Crippen LogP contribution in [0.1, 0.15) is 27.4 Å². The molecular formula is C22H18N2O5. The highest BCUT2D eigenvalue weighted by Gasteiger charge is 2.29. The van der Waals surface area contributed by atoms with E-state index in [1.165, 1.54) is 19.2 Å². The average Bonchev–Trinajstić information content (AvgIpc) is 3.06. The van der Waals surface area contributed by atoms with E-state index in [0.717, 1.165) is 22.3 Å². The van der Waals surface area contributed by atoms with Crippen LogP contribution in [0.25, 0.3) is 11.1 Å². The average molecular weight is 390 g/mol. The first-order chi connectivity index (χ1) is 14.1. The van der Waals surface area contributed by atoms with Crippen LogP contribution in [0.4, 0.5) is 10.6 Å². The first-order valence-electron chi connectivity index (χ1n) is 8.99. The smallest absolute Gasteiger partial charge is 0.412 e. The van der Waals surface area contributed by atoms with Gasteiger partial charge in [0.05, 0.1) is 7.11 Å². The molecule has 1 heterocycles. The summed E-state index contributed by atoms with van der Waals surface area (Å²) < 4.78 is 10.4. The van der Waals surface area contributed by atoms with Crippen LogP contribution in [0.15, 0.2) is 60.7 Å². The number of aromatic carboxylic acids is 1. The van der Waals surface area contributed by atoms with Gasteiger partial charge in [-0.05, 0) is 34.4 Å². The van der Waals surface area contributed by atoms with Crippen molar-refractivity contribution in [2.45, 2.75) is 5.92 Å². The second-order valence-corrected chi connectivity index (χ2v) is 6.51. The quantitative estimate of drug-likeness (QED) is 0.679. The number of carboxylic acids is 1. The van der Waals surface area contributed by atoms with Gasteiger partial charge in [0.15, 0.2) is 0 Å². The molecule has 146 valence electrons. The molecule has 4 rings (SSSR count). The van der Waals surface area contributed by atoms with Crippen molar-refractivity contribution in [2.75, 3.05) is 19.0 Å². The molecule has 0 radical (unpaired) electrons. The lowest BCUT2D eigenvalue weighted by molar-refractivity contribution is 0.0692. The number of carbonyl (C=O) groups excluding carboxylic acids is 1. The Kier molecular flexibility index (Phi) is 4.87. The number of nitrogens with one attached hydrogen (secondary N) is 1. The number of ether oxygens (including phenoxy) is 2. The van der Waals surface area contributed by atoms with Crippen molar-refractivity contribution in [2.24, 2.45) is 0 Å². The normalized spacial score (nSPS) is 12.0. The monoisotopic (exact) mass is 390 g/mol. The highest BCUT2D eigenvalue weighted by Crippen LogP contribution is 2.44. The van der Waals surface area contributed by atoms with Gasteiger partial charge in [0, 0.05) is 5.92 Å². The SMILES string of the molecule is COc1nc(NC(=O)OCC2c3ccccc3-c3ccccc32)ccc1C(=O)O. The minimum Gasteiger partial charge on any atom is -0.480 e. The molecule has 3 aromatic rings. The molecule has 0 fully saturated rings. The number of benzene rings is 2. The molecule has 0 unspecified atom stereocenters. The van der Waals surface area contributed by atoms with Gasteiger partial charge in [-0.25, -0.2) is 9.59 Å². The molecule has 0 saturated carbocycles. The number of rotatable bonds is 5. The van der Waals surface area contributed by atoms with Crippen molar-refractivity contribution >= 4 is 17.9 Å². The highest BCUT2D eigenvalue weighted by atomic mass is 16.5. The fourth-order valence-corrected chi connectivity index (χ4v) is 3.57. The molecule has 2 N–H and O–H groups in total. The summed E-state index contributed by atoms with van der Waals surface area (Å²) in [6.07, 6.45) is -0.676. The molecule has 29 heavy (non-hydrogen) atoms. The van der Waals surface area contributed by atoms with Crippen molar-refractivity contribution in [3.8, 4) is 17.0 Å². The number of methoxy groups -OCH3 is 1. The third-order valence-corrected chi connectivity index (χ3v) is 4.86. The summed E-state index contributed by atoms with van der Waals surface area (Å²) in [6, 6.07) is 18.8. The van der Waals surface area contributed by atoms with Crippen LogP contribution in [0, 0.1) is 0 Å². The molecule has 0 aliphatic heterocycles. The van der Waals surface area contributed by atoms with Gasteiger partial charge in [0.1, 0.15) is 18.0 Å². The Morgan fingerprint density at radius 3 is 2.21 bits per heavy atom. The number of hydrogen-bond donors (Lipinski definition) is 2. The molecule has 0 bridgehead atoms. The Hall–Kier alpha value is -3.87. The number of amides is 1. The Morgan fingerprint density at radius 2 is 1.62 bits per heavy atom. The maximum absolute atomic E-state index is 12.3. The third kappa shape index (κ3) is 3.50. The molecule has 0 atom stereocenters. The molecule has 0 saturated heterocycles. The van der Waals surface area contributed by atoms with E-state index in [4.69, 9.17) is 14.6 Å². The molecule has 1 aliphatic carbocycles. The van der Waals surface area contributed by atoms with Crippen molar-refractivity contribution in [3.05, 3.63) is 77.4 Å². The van der Waals surface area contributed by atoms with E-state index in [2.05, 4.69) is 22.4 Å². The second kappa shape index (κ2) is 7.63. The number of anilines is 1. The predicted octanol–water partition coefficient (Wildman–Crippen LogP) is 4.15. The molecular weight excluding hydrogens is 372 g/mol. The predicted molar refractivity (Wildman–Crippen MR) is 106 cm³/mol. The van der Waals surface area contributed by atoms with Gasteiger partial charge < -0.3 is 14.6 Å². The second-order valence-electron chi connectivity index (χ2n) is 6.51. The minimum absolute atomic E-state index is 0.0509. The standard InChI is InChI=1S/C22H18N2O5/c1-28-20-17(21(25)26)10-11-19(23-20)24-22(27)29-12-18-15-8-4-2-6-13(15)14-7-3-5-9-16(14)18/h2-11,18H,12H2,1H3,(H,25,26)(H,23,24,27). The first-order valence-corrected chi connectivity index (χ1v) is 8.99. The third-order valence-electron chi connectivity index (χ3n) is 4.86. The van der Waals surface area contributed by atoms with Crippen molar-refractivity contribution in [1.29, 1.82) is 0 Å². The van der Waals surface area contributed by atoms with E-state index in [1.54, 1.807) is 0 Å². The molecule has 1 aromatic heterocycles. The van der Waals surface area contributed by atoms with Crippen molar-refractivity contribution < 1.29 is 24.2 Å². The number of fused-ring (bicyclic) bond motifs is 3. The summed E-state index contributed by atoms with van der Waals surface area (Å²) >= 11 is 0. The maximum Gasteiger partial charge on any atom is 0.412 e. The lowest BCUT2D eigenvalue weighted by Gasteiger charge is -2.14. The summed E-state index contributed by atoms with van der Waals surface area (Å²) in [5.41, 5.74) is 4.44. The van der Waals surface area contributed by atoms with Crippen molar-refractivity contribution in [1.82, 2.24) is 4.98 Å². The Balaban J connectivity index is 1.47. The largest absolute Gasteiger partial charge is 0.480 e. The number of carboxylic acid groups (broad SMARTS) is 1. The number of pyridine rings is 1. The van der Waals surface area contributed by atoms with Gasteiger partial charge in [-0.3, -0.25) is 5.32 Å². The van der Waals surface area contributed by atoms with Gasteiger partial charge in [-0.1, -0.05) is 48.5 Å². The van der Waals surface area contributed by atoms with E-state index in [-0.39, 0.29) is 29.8 Å². The van der Waals surface area contributed by atoms with Gasteiger partial charge in [-0.2, -0.15) is 4.98 Å². The van der Waals surface area contributed by atoms with Crippen LogP contribution in [0.5, 0.6) is 5.88 Å². The van der Waals surface area contributed by atoms with E-state index >= 15 is 0 Å². The lowest BCUT2D eigenvalue weighted by Crippen LogP contribution is -2.18. The van der Waals surface area contributed by atoms with Crippen LogP contribution in [-0.4, -0.2) is 35.9 Å². The fraction of sp³-hybridized carbons (Fsp3) is 0.136. The minimum atomic E-state index is -1.16. The Morgan fingerprint density at radius 1 is 1.00 bits per heavy atom. The summed E-state index contributed by atoms with van der Waals surface area (Å²) in [4.78, 5) is 27.4. The van der Waals surface area contributed by atoms with Gasteiger partial charge in [0.2, 0.25) is 5.88 Å².